The maximum absolute atomic E-state index is 7.50. The van der Waals surface area contributed by atoms with Crippen molar-refractivity contribution in [3.8, 4) is 0 Å². The fourth-order valence-corrected chi connectivity index (χ4v) is 8.22. The Hall–Kier alpha value is -0.0917. The number of hydrogen-bond acceptors (Lipinski definition) is 2. The van der Waals surface area contributed by atoms with Crippen LogP contribution in [0.1, 0.15) is 55.4 Å². The number of hydrogen-bond donors (Lipinski definition) is 0. The van der Waals surface area contributed by atoms with Crippen LogP contribution in [0.15, 0.2) is 0 Å². The van der Waals surface area contributed by atoms with Gasteiger partial charge in [0.25, 0.3) is 0 Å². The SMILES string of the molecule is CC(C)N(C1=PP1N(C(C)C)C(C)C)C(C)C.[C-]#[O+].[C-]#[O+].[C-]#[O+].[C-]#[O+].[C-]#[O+].[W]. The van der Waals surface area contributed by atoms with E-state index in [0.29, 0.717) is 24.2 Å². The van der Waals surface area contributed by atoms with E-state index >= 15 is 0 Å². The molecule has 1 heterocycles. The molecule has 1 unspecified atom stereocenters. The summed E-state index contributed by atoms with van der Waals surface area (Å²) in [6, 6.07) is 2.58. The normalized spacial score (nSPS) is 13.3. The van der Waals surface area contributed by atoms with Crippen LogP contribution in [-0.4, -0.2) is 38.9 Å². The molecule has 28 heavy (non-hydrogen) atoms. The van der Waals surface area contributed by atoms with Crippen LogP contribution in [0, 0.1) is 33.3 Å². The van der Waals surface area contributed by atoms with Crippen molar-refractivity contribution < 1.29 is 44.3 Å². The smallest absolute Gasteiger partial charge is 0 e. The van der Waals surface area contributed by atoms with Gasteiger partial charge < -0.3 is 0 Å². The second-order valence-corrected chi connectivity index (χ2v) is 10.0. The van der Waals surface area contributed by atoms with Crippen molar-refractivity contribution >= 4 is 20.8 Å². The summed E-state index contributed by atoms with van der Waals surface area (Å²) in [6.07, 6.45) is 0. The molecule has 0 radical (unpaired) electrons. The standard InChI is InChI=1S/C13H28N2P2.5CO.W/c1-9(2)14(10(3)4)13-16-17(13)15(11(5)6)12(7)8;5*1-2;/h9-12H,1-8H3;;;;;;. The van der Waals surface area contributed by atoms with Crippen molar-refractivity contribution in [1.82, 2.24) is 9.57 Å². The third-order valence-electron chi connectivity index (χ3n) is 2.94. The van der Waals surface area contributed by atoms with Crippen molar-refractivity contribution in [2.75, 3.05) is 0 Å². The minimum atomic E-state index is -0.0123. The van der Waals surface area contributed by atoms with Crippen molar-refractivity contribution in [2.24, 2.45) is 0 Å². The first-order chi connectivity index (χ1) is 12.8. The van der Waals surface area contributed by atoms with E-state index in [1.165, 1.54) is 0 Å². The number of nitrogens with zero attached hydrogens (tertiary/aromatic N) is 2. The first-order valence-electron chi connectivity index (χ1n) is 7.74. The van der Waals surface area contributed by atoms with Gasteiger partial charge in [-0.15, -0.1) is 0 Å². The zero-order valence-corrected chi connectivity index (χ0v) is 22.3. The predicted molar refractivity (Wildman–Crippen MR) is 103 cm³/mol. The quantitative estimate of drug-likeness (QED) is 0.257. The van der Waals surface area contributed by atoms with E-state index in [1.807, 2.05) is 0 Å². The van der Waals surface area contributed by atoms with Crippen molar-refractivity contribution in [1.29, 1.82) is 0 Å². The summed E-state index contributed by atoms with van der Waals surface area (Å²) >= 11 is 0. The average molecular weight is 598 g/mol. The van der Waals surface area contributed by atoms with Gasteiger partial charge in [0.1, 0.15) is 0 Å². The van der Waals surface area contributed by atoms with E-state index in [-0.39, 0.29) is 28.8 Å². The van der Waals surface area contributed by atoms with Crippen LogP contribution in [0.3, 0.4) is 0 Å². The molecular formula is C18H28N2O5P2W. The van der Waals surface area contributed by atoms with Crippen LogP contribution in [0.4, 0.5) is 0 Å². The Morgan fingerprint density at radius 2 is 0.857 bits per heavy atom. The zero-order chi connectivity index (χ0) is 23.3. The van der Waals surface area contributed by atoms with Crippen molar-refractivity contribution in [2.45, 2.75) is 79.6 Å². The molecule has 0 fully saturated rings. The second-order valence-electron chi connectivity index (χ2n) is 5.85. The minimum Gasteiger partial charge on any atom is 0 e. The molecule has 0 aromatic carbocycles. The van der Waals surface area contributed by atoms with Crippen LogP contribution in [0.25, 0.3) is 0 Å². The van der Waals surface area contributed by atoms with E-state index in [1.54, 1.807) is 13.1 Å². The van der Waals surface area contributed by atoms with Gasteiger partial charge in [-0.05, 0) is 63.3 Å². The maximum atomic E-state index is 7.50. The van der Waals surface area contributed by atoms with Gasteiger partial charge in [-0.2, -0.15) is 0 Å². The summed E-state index contributed by atoms with van der Waals surface area (Å²) in [5.41, 5.74) is 0. The molecule has 0 N–H and O–H groups in total. The number of rotatable bonds is 6. The van der Waals surface area contributed by atoms with E-state index < -0.39 is 0 Å². The van der Waals surface area contributed by atoms with Gasteiger partial charge in [0.05, 0.1) is 12.9 Å². The molecule has 0 bridgehead atoms. The van der Waals surface area contributed by atoms with Crippen LogP contribution in [-0.2, 0) is 44.3 Å². The molecule has 1 aliphatic heterocycles. The van der Waals surface area contributed by atoms with E-state index in [2.05, 4.69) is 98.2 Å². The largest absolute Gasteiger partial charge is 0 e. The Morgan fingerprint density at radius 3 is 1.04 bits per heavy atom. The van der Waals surface area contributed by atoms with E-state index in [0.717, 1.165) is 0 Å². The molecule has 0 spiro atoms. The monoisotopic (exact) mass is 598 g/mol. The third-order valence-corrected chi connectivity index (χ3v) is 7.71. The van der Waals surface area contributed by atoms with Gasteiger partial charge in [0.15, 0.2) is 0 Å². The van der Waals surface area contributed by atoms with E-state index in [9.17, 15) is 0 Å². The van der Waals surface area contributed by atoms with Gasteiger partial charge in [-0.1, -0.05) is 0 Å². The molecule has 156 valence electrons. The second kappa shape index (κ2) is 29.1. The van der Waals surface area contributed by atoms with Crippen molar-refractivity contribution in [3.05, 3.63) is 33.3 Å². The van der Waals surface area contributed by atoms with Crippen LogP contribution < -0.4 is 0 Å². The summed E-state index contributed by atoms with van der Waals surface area (Å²) in [5.74, 6) is 0. The Labute approximate surface area is 187 Å². The zero-order valence-electron chi connectivity index (χ0n) is 17.5. The van der Waals surface area contributed by atoms with Gasteiger partial charge in [-0.3, -0.25) is 9.57 Å². The summed E-state index contributed by atoms with van der Waals surface area (Å²) in [7, 11) is 1.58. The predicted octanol–water partition coefficient (Wildman–Crippen LogP) is 4.39. The maximum Gasteiger partial charge on any atom is 0 e. The molecule has 1 rings (SSSR count). The Morgan fingerprint density at radius 1 is 0.607 bits per heavy atom. The molecule has 0 aliphatic carbocycles. The average Bonchev–Trinajstić information content (AvgIpc) is 3.41. The molecule has 10 heteroatoms. The fourth-order valence-electron chi connectivity index (χ4n) is 2.46. The summed E-state index contributed by atoms with van der Waals surface area (Å²) in [4.78, 5) is 2.62. The topological polar surface area (TPSA) is 106 Å². The fraction of sp³-hybridized carbons (Fsp3) is 0.667. The summed E-state index contributed by atoms with van der Waals surface area (Å²) < 4.78 is 40.2. The van der Waals surface area contributed by atoms with Crippen LogP contribution >= 0.6 is 15.7 Å². The minimum absolute atomic E-state index is 0. The van der Waals surface area contributed by atoms with Gasteiger partial charge in [0, 0.05) is 45.2 Å². The van der Waals surface area contributed by atoms with Crippen molar-refractivity contribution in [3.63, 3.8) is 0 Å². The van der Waals surface area contributed by atoms with Crippen LogP contribution in [0.5, 0.6) is 0 Å². The molecule has 1 aliphatic rings. The van der Waals surface area contributed by atoms with Gasteiger partial charge >= 0.3 is 56.5 Å². The van der Waals surface area contributed by atoms with E-state index in [4.69, 9.17) is 23.3 Å². The Bertz CT molecular complexity index is 436. The molecule has 0 aromatic rings. The van der Waals surface area contributed by atoms with Gasteiger partial charge in [-0.25, -0.2) is 0 Å². The molecule has 0 saturated carbocycles. The third kappa shape index (κ3) is 18.0. The van der Waals surface area contributed by atoms with Crippen LogP contribution in [0.2, 0.25) is 0 Å². The summed E-state index contributed by atoms with van der Waals surface area (Å²) in [5, 5.41) is 1.69. The molecular weight excluding hydrogens is 570 g/mol. The summed E-state index contributed by atoms with van der Waals surface area (Å²) in [6.45, 7) is 41.0. The Kier molecular flexibility index (Phi) is 43.8. The first kappa shape index (κ1) is 42.1. The molecule has 0 saturated heterocycles. The molecule has 0 aromatic heterocycles. The molecule has 1 atom stereocenters. The van der Waals surface area contributed by atoms with Gasteiger partial charge in [0.2, 0.25) is 0 Å². The molecule has 0 amide bonds. The molecule has 7 nitrogen and oxygen atoms in total. The Balaban J connectivity index is -0.0000000956. The first-order valence-corrected chi connectivity index (χ1v) is 10.6.